The molecule has 0 bridgehead atoms. The maximum absolute atomic E-state index is 13.3. The topological polar surface area (TPSA) is 86.7 Å². The number of fused-ring (bicyclic) bond motifs is 2. The van der Waals surface area contributed by atoms with Gasteiger partial charge in [-0.05, 0) is 66.8 Å². The number of anilines is 1. The minimum atomic E-state index is -2.09. The number of rotatable bonds is 7. The Morgan fingerprint density at radius 1 is 0.947 bits per heavy atom. The third kappa shape index (κ3) is 4.96. The Bertz CT molecular complexity index is 1430. The number of amides is 3. The van der Waals surface area contributed by atoms with Crippen molar-refractivity contribution in [3.05, 3.63) is 88.7 Å². The summed E-state index contributed by atoms with van der Waals surface area (Å²) in [4.78, 5) is 40.9. The lowest BCUT2D eigenvalue weighted by Gasteiger charge is -2.53. The first-order chi connectivity index (χ1) is 19.0. The Balaban J connectivity index is 1.32. The van der Waals surface area contributed by atoms with Crippen LogP contribution in [0.15, 0.2) is 60.7 Å². The molecule has 1 saturated carbocycles. The van der Waals surface area contributed by atoms with Gasteiger partial charge in [0.25, 0.3) is 11.8 Å². The summed E-state index contributed by atoms with van der Waals surface area (Å²) in [5.41, 5.74) is 4.04. The van der Waals surface area contributed by atoms with Gasteiger partial charge in [-0.15, -0.1) is 0 Å². The largest absolute Gasteiger partial charge is 0.347 e. The lowest BCUT2D eigenvalue weighted by atomic mass is 9.71. The van der Waals surface area contributed by atoms with E-state index in [1.165, 1.54) is 6.92 Å². The number of hydrogen-bond acceptors (Lipinski definition) is 4. The van der Waals surface area contributed by atoms with E-state index in [1.54, 1.807) is 49.3 Å². The van der Waals surface area contributed by atoms with E-state index in [-0.39, 0.29) is 17.4 Å². The monoisotopic (exact) mass is 515 g/mol. The second kappa shape index (κ2) is 10.5. The van der Waals surface area contributed by atoms with E-state index in [0.717, 1.165) is 43.6 Å². The molecule has 0 saturated heterocycles. The predicted octanol–water partition coefficient (Wildman–Crippen LogP) is 3.97. The molecule has 1 fully saturated rings. The molecule has 8 nitrogen and oxygen atoms in total. The number of carbonyl (C=O) groups excluding carboxylic acids is 3. The van der Waals surface area contributed by atoms with Crippen LogP contribution in [0.4, 0.5) is 5.69 Å². The molecule has 2 aromatic carbocycles. The van der Waals surface area contributed by atoms with Crippen LogP contribution in [0.1, 0.15) is 66.6 Å². The van der Waals surface area contributed by atoms with Crippen LogP contribution < -0.4 is 10.6 Å². The molecule has 2 aliphatic rings. The summed E-state index contributed by atoms with van der Waals surface area (Å²) in [5.74, 6) is -0.694. The molecule has 8 heteroatoms. The Labute approximate surface area is 226 Å². The molecule has 198 valence electrons. The van der Waals surface area contributed by atoms with E-state index in [9.17, 15) is 14.4 Å². The summed E-state index contributed by atoms with van der Waals surface area (Å²) in [5, 5.41) is 5.22. The van der Waals surface area contributed by atoms with Gasteiger partial charge in [0.15, 0.2) is 0 Å². The maximum atomic E-state index is 13.3. The Hall–Kier alpha value is -3.91. The molecular formula is C30H35N5O3. The number of carbonyl (C=O) groups is 3. The minimum absolute atomic E-state index is 0.0185. The third-order valence-corrected chi connectivity index (χ3v) is 7.58. The molecule has 1 aromatic heterocycles. The van der Waals surface area contributed by atoms with Gasteiger partial charge in [0.05, 0.1) is 8.28 Å². The van der Waals surface area contributed by atoms with Crippen molar-refractivity contribution in [3.63, 3.8) is 0 Å². The summed E-state index contributed by atoms with van der Waals surface area (Å²) in [6, 6.07) is 17.9. The number of nitrogens with zero attached hydrogens (tertiary/aromatic N) is 3. The fraction of sp³-hybridized carbons (Fsp3) is 0.367. The van der Waals surface area contributed by atoms with Gasteiger partial charge in [0, 0.05) is 64.1 Å². The highest BCUT2D eigenvalue weighted by Gasteiger charge is 2.48. The summed E-state index contributed by atoms with van der Waals surface area (Å²) in [7, 11) is 3.49. The highest BCUT2D eigenvalue weighted by Crippen LogP contribution is 2.49. The normalized spacial score (nSPS) is 17.0. The second-order valence-electron chi connectivity index (χ2n) is 10.3. The fourth-order valence-electron chi connectivity index (χ4n) is 5.49. The summed E-state index contributed by atoms with van der Waals surface area (Å²) in [6.45, 7) is 1.45. The molecule has 0 atom stereocenters. The molecule has 38 heavy (non-hydrogen) atoms. The molecule has 3 aromatic rings. The number of nitrogens with one attached hydrogen (secondary N) is 2. The van der Waals surface area contributed by atoms with Crippen LogP contribution in [-0.2, 0) is 29.9 Å². The van der Waals surface area contributed by atoms with Gasteiger partial charge >= 0.3 is 0 Å². The van der Waals surface area contributed by atoms with Crippen LogP contribution in [0.2, 0.25) is 0 Å². The van der Waals surface area contributed by atoms with E-state index in [0.29, 0.717) is 29.1 Å². The Kier molecular flexibility index (Phi) is 6.39. The zero-order chi connectivity index (χ0) is 28.7. The van der Waals surface area contributed by atoms with Crippen molar-refractivity contribution >= 4 is 23.4 Å². The average Bonchev–Trinajstić information content (AvgIpc) is 3.32. The van der Waals surface area contributed by atoms with E-state index in [1.807, 2.05) is 34.9 Å². The van der Waals surface area contributed by atoms with Crippen molar-refractivity contribution < 1.29 is 17.1 Å². The lowest BCUT2D eigenvalue weighted by Crippen LogP contribution is -2.56. The molecule has 5 rings (SSSR count). The highest BCUT2D eigenvalue weighted by molar-refractivity contribution is 5.94. The highest BCUT2D eigenvalue weighted by atomic mass is 16.2. The zero-order valence-electron chi connectivity index (χ0n) is 24.1. The summed E-state index contributed by atoms with van der Waals surface area (Å²) >= 11 is 0. The van der Waals surface area contributed by atoms with Crippen LogP contribution in [0.5, 0.6) is 0 Å². The van der Waals surface area contributed by atoms with E-state index in [4.69, 9.17) is 2.74 Å². The molecule has 3 amide bonds. The van der Waals surface area contributed by atoms with Gasteiger partial charge in [-0.3, -0.25) is 19.3 Å². The minimum Gasteiger partial charge on any atom is -0.347 e. The van der Waals surface area contributed by atoms with Crippen molar-refractivity contribution in [1.29, 1.82) is 0 Å². The van der Waals surface area contributed by atoms with Gasteiger partial charge in [-0.1, -0.05) is 24.3 Å². The molecule has 1 spiro atoms. The number of hydrogen-bond donors (Lipinski definition) is 2. The molecule has 0 unspecified atom stereocenters. The van der Waals surface area contributed by atoms with Crippen molar-refractivity contribution in [2.75, 3.05) is 26.0 Å². The van der Waals surface area contributed by atoms with Crippen LogP contribution in [0.3, 0.4) is 0 Å². The van der Waals surface area contributed by atoms with E-state index >= 15 is 0 Å². The first-order valence-electron chi connectivity index (χ1n) is 14.0. The van der Waals surface area contributed by atoms with Crippen molar-refractivity contribution in [1.82, 2.24) is 19.7 Å². The molecule has 1 aliphatic carbocycles. The average molecular weight is 516 g/mol. The molecular weight excluding hydrogens is 478 g/mol. The Morgan fingerprint density at radius 3 is 2.24 bits per heavy atom. The SMILES string of the molecule is [2H]C([2H])(NC(=O)c1ccc2n1CCN(Cc1ccc(C(=O)N(C)C)cc1)C21CCC1)c1ccc(NC(C)=O)cc1. The van der Waals surface area contributed by atoms with Crippen LogP contribution in [0.25, 0.3) is 0 Å². The first kappa shape index (κ1) is 23.2. The molecule has 1 aliphatic heterocycles. The maximum Gasteiger partial charge on any atom is 0.268 e. The first-order valence-corrected chi connectivity index (χ1v) is 13.0. The van der Waals surface area contributed by atoms with Gasteiger partial charge in [0.1, 0.15) is 5.69 Å². The predicted molar refractivity (Wildman–Crippen MR) is 147 cm³/mol. The van der Waals surface area contributed by atoms with Gasteiger partial charge < -0.3 is 20.1 Å². The quantitative estimate of drug-likeness (QED) is 0.499. The number of benzene rings is 2. The lowest BCUT2D eigenvalue weighted by molar-refractivity contribution is -0.114. The van der Waals surface area contributed by atoms with Crippen LogP contribution >= 0.6 is 0 Å². The van der Waals surface area contributed by atoms with Gasteiger partial charge in [-0.25, -0.2) is 0 Å². The standard InChI is InChI=1S/C30H35N5O3/c1-21(36)32-25-11-7-22(8-12-25)19-31-28(37)26-13-14-27-30(15-4-16-30)34(17-18-35(26)27)20-23-5-9-24(10-6-23)29(38)33(2)3/h5-14H,4,15-20H2,1-3H3,(H,31,37)(H,32,36)/i19D2. The molecule has 0 radical (unpaired) electrons. The zero-order valence-corrected chi connectivity index (χ0v) is 22.1. The van der Waals surface area contributed by atoms with Crippen LogP contribution in [0, 0.1) is 0 Å². The fourth-order valence-corrected chi connectivity index (χ4v) is 5.49. The molecule has 2 N–H and O–H groups in total. The van der Waals surface area contributed by atoms with Gasteiger partial charge in [-0.2, -0.15) is 0 Å². The third-order valence-electron chi connectivity index (χ3n) is 7.58. The summed E-state index contributed by atoms with van der Waals surface area (Å²) < 4.78 is 19.1. The van der Waals surface area contributed by atoms with E-state index in [2.05, 4.69) is 15.5 Å². The van der Waals surface area contributed by atoms with Gasteiger partial charge in [0.2, 0.25) is 5.91 Å². The van der Waals surface area contributed by atoms with Crippen molar-refractivity contribution in [3.8, 4) is 0 Å². The Morgan fingerprint density at radius 2 is 1.63 bits per heavy atom. The smallest absolute Gasteiger partial charge is 0.268 e. The molecule has 2 heterocycles. The second-order valence-corrected chi connectivity index (χ2v) is 10.3. The van der Waals surface area contributed by atoms with Crippen molar-refractivity contribution in [2.24, 2.45) is 0 Å². The van der Waals surface area contributed by atoms with Crippen LogP contribution in [-0.4, -0.2) is 52.7 Å². The number of aromatic nitrogens is 1. The van der Waals surface area contributed by atoms with Crippen molar-refractivity contribution in [2.45, 2.75) is 51.3 Å². The summed E-state index contributed by atoms with van der Waals surface area (Å²) in [6.07, 6.45) is 3.10. The van der Waals surface area contributed by atoms with E-state index < -0.39 is 12.4 Å².